The van der Waals surface area contributed by atoms with Gasteiger partial charge in [0.1, 0.15) is 16.2 Å². The van der Waals surface area contributed by atoms with Crippen LogP contribution in [-0.2, 0) is 0 Å². The molecule has 0 aliphatic carbocycles. The summed E-state index contributed by atoms with van der Waals surface area (Å²) in [5.74, 6) is 1.58. The topological polar surface area (TPSA) is 49.2 Å². The van der Waals surface area contributed by atoms with E-state index in [1.807, 2.05) is 24.8 Å². The highest BCUT2D eigenvalue weighted by molar-refractivity contribution is 9.10. The number of hydrogen-bond donors (Lipinski definition) is 1. The fraction of sp³-hybridized carbons (Fsp3) is 0.556. The molecule has 0 spiro atoms. The Labute approximate surface area is 92.1 Å². The normalized spacial score (nSPS) is 10.3. The van der Waals surface area contributed by atoms with Crippen LogP contribution in [0.15, 0.2) is 10.7 Å². The van der Waals surface area contributed by atoms with E-state index in [0.717, 1.165) is 22.8 Å². The zero-order chi connectivity index (χ0) is 10.6. The first-order valence-corrected chi connectivity index (χ1v) is 5.33. The van der Waals surface area contributed by atoms with Crippen LogP contribution >= 0.6 is 15.9 Å². The molecule has 0 radical (unpaired) electrons. The van der Waals surface area contributed by atoms with Gasteiger partial charge < -0.3 is 10.0 Å². The molecule has 0 saturated heterocycles. The quantitative estimate of drug-likeness (QED) is 0.830. The van der Waals surface area contributed by atoms with E-state index in [4.69, 9.17) is 5.11 Å². The number of anilines is 1. The molecule has 1 heterocycles. The Kier molecular flexibility index (Phi) is 4.28. The van der Waals surface area contributed by atoms with Crippen molar-refractivity contribution in [2.24, 2.45) is 0 Å². The van der Waals surface area contributed by atoms with Crippen LogP contribution in [0.2, 0.25) is 0 Å². The van der Waals surface area contributed by atoms with Crippen molar-refractivity contribution in [3.8, 4) is 0 Å². The van der Waals surface area contributed by atoms with Crippen LogP contribution < -0.4 is 4.90 Å². The van der Waals surface area contributed by atoms with E-state index >= 15 is 0 Å². The number of aryl methyl sites for hydroxylation is 1. The summed E-state index contributed by atoms with van der Waals surface area (Å²) >= 11 is 3.32. The number of aliphatic hydroxyl groups is 1. The molecule has 1 aromatic rings. The molecule has 0 unspecified atom stereocenters. The van der Waals surface area contributed by atoms with Gasteiger partial charge in [-0.15, -0.1) is 0 Å². The lowest BCUT2D eigenvalue weighted by atomic mass is 10.4. The van der Waals surface area contributed by atoms with E-state index in [-0.39, 0.29) is 6.61 Å². The third-order valence-corrected chi connectivity index (χ3v) is 2.28. The largest absolute Gasteiger partial charge is 0.395 e. The molecule has 78 valence electrons. The minimum Gasteiger partial charge on any atom is -0.395 e. The van der Waals surface area contributed by atoms with E-state index in [2.05, 4.69) is 25.9 Å². The van der Waals surface area contributed by atoms with Crippen LogP contribution in [0.25, 0.3) is 0 Å². The van der Waals surface area contributed by atoms with Gasteiger partial charge in [-0.25, -0.2) is 9.97 Å². The maximum absolute atomic E-state index is 8.87. The van der Waals surface area contributed by atoms with Crippen molar-refractivity contribution < 1.29 is 5.11 Å². The molecule has 1 N–H and O–H groups in total. The first-order valence-electron chi connectivity index (χ1n) is 4.54. The smallest absolute Gasteiger partial charge is 0.133 e. The Balaban J connectivity index is 2.91. The van der Waals surface area contributed by atoms with Crippen molar-refractivity contribution in [2.45, 2.75) is 13.8 Å². The molecule has 4 nitrogen and oxygen atoms in total. The fourth-order valence-electron chi connectivity index (χ4n) is 1.23. The Morgan fingerprint density at radius 1 is 1.50 bits per heavy atom. The fourth-order valence-corrected chi connectivity index (χ4v) is 1.70. The molecule has 1 rings (SSSR count). The van der Waals surface area contributed by atoms with E-state index in [1.165, 1.54) is 0 Å². The van der Waals surface area contributed by atoms with Gasteiger partial charge in [-0.1, -0.05) is 0 Å². The number of rotatable bonds is 4. The number of nitrogens with zero attached hydrogens (tertiary/aromatic N) is 3. The van der Waals surface area contributed by atoms with Crippen molar-refractivity contribution in [1.82, 2.24) is 9.97 Å². The van der Waals surface area contributed by atoms with Gasteiger partial charge in [0.25, 0.3) is 0 Å². The lowest BCUT2D eigenvalue weighted by Gasteiger charge is -2.20. The van der Waals surface area contributed by atoms with Gasteiger partial charge in [0, 0.05) is 19.2 Å². The second kappa shape index (κ2) is 5.26. The molecule has 0 fully saturated rings. The Bertz CT molecular complexity index is 286. The number of hydrogen-bond acceptors (Lipinski definition) is 4. The predicted octanol–water partition coefficient (Wildman–Crippen LogP) is 1.37. The summed E-state index contributed by atoms with van der Waals surface area (Å²) in [7, 11) is 0. The van der Waals surface area contributed by atoms with Gasteiger partial charge in [-0.05, 0) is 29.8 Å². The molecule has 0 aromatic carbocycles. The monoisotopic (exact) mass is 259 g/mol. The Morgan fingerprint density at radius 2 is 2.21 bits per heavy atom. The van der Waals surface area contributed by atoms with Crippen molar-refractivity contribution in [3.63, 3.8) is 0 Å². The van der Waals surface area contributed by atoms with Crippen molar-refractivity contribution in [1.29, 1.82) is 0 Å². The van der Waals surface area contributed by atoms with Crippen LogP contribution in [0.1, 0.15) is 12.7 Å². The third kappa shape index (κ3) is 2.92. The van der Waals surface area contributed by atoms with Gasteiger partial charge in [-0.3, -0.25) is 0 Å². The van der Waals surface area contributed by atoms with Gasteiger partial charge in [-0.2, -0.15) is 0 Å². The molecule has 0 amide bonds. The summed E-state index contributed by atoms with van der Waals surface area (Å²) in [6, 6.07) is 1.85. The molecule has 0 aliphatic rings. The zero-order valence-corrected chi connectivity index (χ0v) is 9.95. The zero-order valence-electron chi connectivity index (χ0n) is 8.37. The van der Waals surface area contributed by atoms with E-state index < -0.39 is 0 Å². The molecule has 14 heavy (non-hydrogen) atoms. The maximum atomic E-state index is 8.87. The highest BCUT2D eigenvalue weighted by Crippen LogP contribution is 2.15. The van der Waals surface area contributed by atoms with Gasteiger partial charge in [0.2, 0.25) is 0 Å². The van der Waals surface area contributed by atoms with E-state index in [9.17, 15) is 0 Å². The maximum Gasteiger partial charge on any atom is 0.133 e. The van der Waals surface area contributed by atoms with Crippen LogP contribution in [0.4, 0.5) is 5.82 Å². The van der Waals surface area contributed by atoms with Gasteiger partial charge >= 0.3 is 0 Å². The molecular formula is C9H14BrN3O. The van der Waals surface area contributed by atoms with Gasteiger partial charge in [0.15, 0.2) is 0 Å². The van der Waals surface area contributed by atoms with Crippen LogP contribution in [0, 0.1) is 6.92 Å². The summed E-state index contributed by atoms with van der Waals surface area (Å²) in [6.45, 7) is 5.43. The Hall–Kier alpha value is -0.680. The molecule has 0 atom stereocenters. The Morgan fingerprint density at radius 3 is 2.71 bits per heavy atom. The van der Waals surface area contributed by atoms with Gasteiger partial charge in [0.05, 0.1) is 6.61 Å². The molecule has 1 aromatic heterocycles. The van der Waals surface area contributed by atoms with Crippen molar-refractivity contribution in [3.05, 3.63) is 16.5 Å². The molecular weight excluding hydrogens is 246 g/mol. The average molecular weight is 260 g/mol. The highest BCUT2D eigenvalue weighted by Gasteiger charge is 2.06. The minimum atomic E-state index is 0.133. The second-order valence-corrected chi connectivity index (χ2v) is 3.71. The van der Waals surface area contributed by atoms with Crippen molar-refractivity contribution in [2.75, 3.05) is 24.6 Å². The standard InChI is InChI=1S/C9H14BrN3O/c1-3-13(4-5-14)9-6-8(10)11-7(2)12-9/h6,14H,3-5H2,1-2H3. The average Bonchev–Trinajstić information content (AvgIpc) is 2.12. The first-order chi connectivity index (χ1) is 6.67. The van der Waals surface area contributed by atoms with Crippen LogP contribution in [0.5, 0.6) is 0 Å². The SMILES string of the molecule is CCN(CCO)c1cc(Br)nc(C)n1. The summed E-state index contributed by atoms with van der Waals surface area (Å²) in [5, 5.41) is 8.87. The first kappa shape index (κ1) is 11.4. The highest BCUT2D eigenvalue weighted by atomic mass is 79.9. The molecule has 0 aliphatic heterocycles. The molecule has 0 bridgehead atoms. The molecule has 5 heteroatoms. The number of aromatic nitrogens is 2. The second-order valence-electron chi connectivity index (χ2n) is 2.90. The van der Waals surface area contributed by atoms with Crippen LogP contribution in [-0.4, -0.2) is 34.8 Å². The van der Waals surface area contributed by atoms with E-state index in [0.29, 0.717) is 6.54 Å². The minimum absolute atomic E-state index is 0.133. The lowest BCUT2D eigenvalue weighted by molar-refractivity contribution is 0.302. The number of likely N-dealkylation sites (N-methyl/N-ethyl adjacent to an activating group) is 1. The summed E-state index contributed by atoms with van der Waals surface area (Å²) < 4.78 is 0.774. The number of aliphatic hydroxyl groups excluding tert-OH is 1. The van der Waals surface area contributed by atoms with Crippen LogP contribution in [0.3, 0.4) is 0 Å². The molecule has 0 saturated carbocycles. The predicted molar refractivity (Wildman–Crippen MR) is 59.4 cm³/mol. The lowest BCUT2D eigenvalue weighted by Crippen LogP contribution is -2.27. The van der Waals surface area contributed by atoms with Crippen molar-refractivity contribution >= 4 is 21.7 Å². The summed E-state index contributed by atoms with van der Waals surface area (Å²) in [5.41, 5.74) is 0. The summed E-state index contributed by atoms with van der Waals surface area (Å²) in [6.07, 6.45) is 0. The van der Waals surface area contributed by atoms with E-state index in [1.54, 1.807) is 0 Å². The third-order valence-electron chi connectivity index (χ3n) is 1.87. The summed E-state index contributed by atoms with van der Waals surface area (Å²) in [4.78, 5) is 10.4. The number of halogens is 1.